The first-order chi connectivity index (χ1) is 12.7. The number of nitrogens with zero attached hydrogens (tertiary/aromatic N) is 4. The van der Waals surface area contributed by atoms with Gasteiger partial charge in [-0.2, -0.15) is 0 Å². The Hall–Kier alpha value is -2.11. The number of urea groups is 1. The van der Waals surface area contributed by atoms with Gasteiger partial charge in [-0.05, 0) is 50.2 Å². The standard InChI is InChI=1S/C20H28N4O2/c25-19(24(18-7-8-18)14-16-5-3-9-21-13-16)17-6-4-12-23(15-17)20(26)22-10-1-2-11-22/h3,5,9,13,17-18H,1-2,4,6-8,10-12,14-15H2/t17-/m1/s1. The summed E-state index contributed by atoms with van der Waals surface area (Å²) in [5.41, 5.74) is 1.08. The summed E-state index contributed by atoms with van der Waals surface area (Å²) in [5.74, 6) is 0.155. The van der Waals surface area contributed by atoms with E-state index in [0.717, 1.165) is 63.7 Å². The monoisotopic (exact) mass is 356 g/mol. The number of piperidine rings is 1. The molecular weight excluding hydrogens is 328 g/mol. The van der Waals surface area contributed by atoms with Crippen LogP contribution in [0.1, 0.15) is 44.1 Å². The Bertz CT molecular complexity index is 640. The summed E-state index contributed by atoms with van der Waals surface area (Å²) in [7, 11) is 0. The molecule has 6 nitrogen and oxygen atoms in total. The van der Waals surface area contributed by atoms with E-state index >= 15 is 0 Å². The minimum Gasteiger partial charge on any atom is -0.335 e. The van der Waals surface area contributed by atoms with E-state index in [-0.39, 0.29) is 17.9 Å². The van der Waals surface area contributed by atoms with Gasteiger partial charge in [-0.3, -0.25) is 9.78 Å². The Morgan fingerprint density at radius 2 is 1.85 bits per heavy atom. The molecule has 2 saturated heterocycles. The topological polar surface area (TPSA) is 56.8 Å². The van der Waals surface area contributed by atoms with Gasteiger partial charge in [0, 0.05) is 51.2 Å². The number of pyridine rings is 1. The molecule has 6 heteroatoms. The fourth-order valence-corrected chi connectivity index (χ4v) is 4.16. The Labute approximate surface area is 155 Å². The second-order valence-electron chi connectivity index (χ2n) is 7.82. The van der Waals surface area contributed by atoms with Crippen LogP contribution in [0.2, 0.25) is 0 Å². The zero-order chi connectivity index (χ0) is 17.9. The molecule has 1 aliphatic carbocycles. The number of rotatable bonds is 4. The maximum Gasteiger partial charge on any atom is 0.320 e. The van der Waals surface area contributed by atoms with Crippen LogP contribution in [0.15, 0.2) is 24.5 Å². The molecule has 0 radical (unpaired) electrons. The van der Waals surface area contributed by atoms with Crippen molar-refractivity contribution in [3.63, 3.8) is 0 Å². The molecule has 0 unspecified atom stereocenters. The van der Waals surface area contributed by atoms with Gasteiger partial charge in [0.05, 0.1) is 5.92 Å². The number of amides is 3. The van der Waals surface area contributed by atoms with E-state index in [0.29, 0.717) is 19.1 Å². The quantitative estimate of drug-likeness (QED) is 0.833. The summed E-state index contributed by atoms with van der Waals surface area (Å²) < 4.78 is 0. The fraction of sp³-hybridized carbons (Fsp3) is 0.650. The molecule has 1 saturated carbocycles. The molecule has 0 bridgehead atoms. The molecule has 2 aliphatic heterocycles. The van der Waals surface area contributed by atoms with Gasteiger partial charge in [-0.15, -0.1) is 0 Å². The lowest BCUT2D eigenvalue weighted by Gasteiger charge is -2.36. The first-order valence-electron chi connectivity index (χ1n) is 9.95. The molecule has 140 valence electrons. The van der Waals surface area contributed by atoms with Crippen molar-refractivity contribution in [1.29, 1.82) is 0 Å². The van der Waals surface area contributed by atoms with Crippen LogP contribution in [0, 0.1) is 5.92 Å². The van der Waals surface area contributed by atoms with Gasteiger partial charge < -0.3 is 14.7 Å². The van der Waals surface area contributed by atoms with Gasteiger partial charge in [0.1, 0.15) is 0 Å². The van der Waals surface area contributed by atoms with E-state index in [1.807, 2.05) is 33.0 Å². The van der Waals surface area contributed by atoms with Gasteiger partial charge in [0.25, 0.3) is 0 Å². The average molecular weight is 356 g/mol. The molecule has 3 aliphatic rings. The number of aromatic nitrogens is 1. The second-order valence-corrected chi connectivity index (χ2v) is 7.82. The van der Waals surface area contributed by atoms with Crippen molar-refractivity contribution in [2.45, 2.75) is 51.1 Å². The number of carbonyl (C=O) groups excluding carboxylic acids is 2. The lowest BCUT2D eigenvalue weighted by molar-refractivity contribution is -0.138. The third kappa shape index (κ3) is 3.84. The van der Waals surface area contributed by atoms with Gasteiger partial charge in [0.2, 0.25) is 5.91 Å². The predicted molar refractivity (Wildman–Crippen MR) is 98.3 cm³/mol. The molecule has 26 heavy (non-hydrogen) atoms. The first kappa shape index (κ1) is 17.3. The molecule has 1 aromatic heterocycles. The van der Waals surface area contributed by atoms with Crippen molar-refractivity contribution in [2.24, 2.45) is 5.92 Å². The minimum absolute atomic E-state index is 0.0624. The van der Waals surface area contributed by atoms with Crippen molar-refractivity contribution >= 4 is 11.9 Å². The third-order valence-electron chi connectivity index (χ3n) is 5.76. The van der Waals surface area contributed by atoms with E-state index in [9.17, 15) is 9.59 Å². The predicted octanol–water partition coefficient (Wildman–Crippen LogP) is 2.50. The molecule has 0 aromatic carbocycles. The van der Waals surface area contributed by atoms with Crippen LogP contribution >= 0.6 is 0 Å². The van der Waals surface area contributed by atoms with Crippen molar-refractivity contribution in [3.8, 4) is 0 Å². The smallest absolute Gasteiger partial charge is 0.320 e. The Kier molecular flexibility index (Phi) is 5.09. The Morgan fingerprint density at radius 3 is 2.54 bits per heavy atom. The lowest BCUT2D eigenvalue weighted by atomic mass is 9.96. The van der Waals surface area contributed by atoms with Crippen LogP contribution in [0.4, 0.5) is 4.79 Å². The molecule has 3 heterocycles. The number of carbonyl (C=O) groups is 2. The third-order valence-corrected chi connectivity index (χ3v) is 5.76. The number of hydrogen-bond acceptors (Lipinski definition) is 3. The maximum atomic E-state index is 13.2. The minimum atomic E-state index is -0.0624. The van der Waals surface area contributed by atoms with Crippen LogP contribution in [0.5, 0.6) is 0 Å². The molecule has 3 amide bonds. The van der Waals surface area contributed by atoms with Crippen LogP contribution in [-0.2, 0) is 11.3 Å². The van der Waals surface area contributed by atoms with Gasteiger partial charge in [0.15, 0.2) is 0 Å². The largest absolute Gasteiger partial charge is 0.335 e. The fourth-order valence-electron chi connectivity index (χ4n) is 4.16. The number of likely N-dealkylation sites (tertiary alicyclic amines) is 2. The van der Waals surface area contributed by atoms with Crippen molar-refractivity contribution in [1.82, 2.24) is 19.7 Å². The van der Waals surface area contributed by atoms with Crippen molar-refractivity contribution < 1.29 is 9.59 Å². The average Bonchev–Trinajstić information content (AvgIpc) is 3.39. The normalized spacial score (nSPS) is 23.2. The van der Waals surface area contributed by atoms with Crippen LogP contribution in [-0.4, -0.2) is 63.8 Å². The van der Waals surface area contributed by atoms with Crippen molar-refractivity contribution in [3.05, 3.63) is 30.1 Å². The second kappa shape index (κ2) is 7.64. The summed E-state index contributed by atoms with van der Waals surface area (Å²) in [4.78, 5) is 36.0. The highest BCUT2D eigenvalue weighted by molar-refractivity contribution is 5.81. The number of hydrogen-bond donors (Lipinski definition) is 0. The molecular formula is C20H28N4O2. The summed E-state index contributed by atoms with van der Waals surface area (Å²) in [6.07, 6.45) is 9.79. The molecule has 4 rings (SSSR count). The highest BCUT2D eigenvalue weighted by Gasteiger charge is 2.38. The van der Waals surface area contributed by atoms with Crippen LogP contribution < -0.4 is 0 Å². The van der Waals surface area contributed by atoms with E-state index < -0.39 is 0 Å². The summed E-state index contributed by atoms with van der Waals surface area (Å²) in [6.45, 7) is 3.72. The zero-order valence-electron chi connectivity index (χ0n) is 15.3. The molecule has 1 aromatic rings. The van der Waals surface area contributed by atoms with E-state index in [1.165, 1.54) is 0 Å². The SMILES string of the molecule is O=C(N1CCCC1)N1CCC[C@@H](C(=O)N(Cc2cccnc2)C2CC2)C1. The Morgan fingerprint density at radius 1 is 1.08 bits per heavy atom. The summed E-state index contributed by atoms with van der Waals surface area (Å²) in [6, 6.07) is 4.44. The van der Waals surface area contributed by atoms with E-state index in [2.05, 4.69) is 4.98 Å². The molecule has 3 fully saturated rings. The maximum absolute atomic E-state index is 13.2. The molecule has 1 atom stereocenters. The molecule has 0 spiro atoms. The van der Waals surface area contributed by atoms with Gasteiger partial charge >= 0.3 is 6.03 Å². The lowest BCUT2D eigenvalue weighted by Crippen LogP contribution is -2.50. The van der Waals surface area contributed by atoms with Crippen molar-refractivity contribution in [2.75, 3.05) is 26.2 Å². The van der Waals surface area contributed by atoms with Gasteiger partial charge in [-0.25, -0.2) is 4.79 Å². The van der Waals surface area contributed by atoms with E-state index in [4.69, 9.17) is 0 Å². The first-order valence-corrected chi connectivity index (χ1v) is 9.95. The highest BCUT2D eigenvalue weighted by Crippen LogP contribution is 2.31. The van der Waals surface area contributed by atoms with Gasteiger partial charge in [-0.1, -0.05) is 6.07 Å². The van der Waals surface area contributed by atoms with Crippen LogP contribution in [0.25, 0.3) is 0 Å². The summed E-state index contributed by atoms with van der Waals surface area (Å²) in [5, 5.41) is 0. The summed E-state index contributed by atoms with van der Waals surface area (Å²) >= 11 is 0. The molecule has 0 N–H and O–H groups in total. The van der Waals surface area contributed by atoms with E-state index in [1.54, 1.807) is 6.20 Å². The zero-order valence-corrected chi connectivity index (χ0v) is 15.3. The Balaban J connectivity index is 1.41. The highest BCUT2D eigenvalue weighted by atomic mass is 16.2. The van der Waals surface area contributed by atoms with Crippen LogP contribution in [0.3, 0.4) is 0 Å².